The van der Waals surface area contributed by atoms with Gasteiger partial charge in [-0.15, -0.1) is 0 Å². The van der Waals surface area contributed by atoms with Crippen molar-refractivity contribution in [1.82, 2.24) is 4.72 Å². The third kappa shape index (κ3) is 7.51. The fourth-order valence-electron chi connectivity index (χ4n) is 7.22. The molecule has 1 unspecified atom stereocenters. The second kappa shape index (κ2) is 14.0. The van der Waals surface area contributed by atoms with E-state index in [-0.39, 0.29) is 18.4 Å². The Labute approximate surface area is 261 Å². The molecule has 2 aliphatic heterocycles. The van der Waals surface area contributed by atoms with Gasteiger partial charge in [-0.25, -0.2) is 8.42 Å². The molecule has 2 aromatic rings. The Balaban J connectivity index is 1.54. The highest BCUT2D eigenvalue weighted by atomic mass is 35.5. The van der Waals surface area contributed by atoms with E-state index in [1.54, 1.807) is 13.2 Å². The molecular formula is C33H47ClN2O6S. The molecule has 0 radical (unpaired) electrons. The molecule has 0 amide bonds. The minimum Gasteiger partial charge on any atom is -0.487 e. The van der Waals surface area contributed by atoms with Crippen molar-refractivity contribution < 1.29 is 28.1 Å². The van der Waals surface area contributed by atoms with Crippen LogP contribution in [0.25, 0.3) is 0 Å². The summed E-state index contributed by atoms with van der Waals surface area (Å²) < 4.78 is 41.2. The van der Waals surface area contributed by atoms with E-state index < -0.39 is 27.1 Å². The second-order valence-corrected chi connectivity index (χ2v) is 15.1. The van der Waals surface area contributed by atoms with Gasteiger partial charge in [-0.2, -0.15) is 4.72 Å². The van der Waals surface area contributed by atoms with Crippen molar-refractivity contribution >= 4 is 27.3 Å². The Bertz CT molecular complexity index is 1360. The second-order valence-electron chi connectivity index (χ2n) is 12.7. The van der Waals surface area contributed by atoms with Crippen molar-refractivity contribution in [3.63, 3.8) is 0 Å². The van der Waals surface area contributed by atoms with Gasteiger partial charge in [0, 0.05) is 25.2 Å². The molecule has 2 bridgehead atoms. The van der Waals surface area contributed by atoms with Crippen LogP contribution in [0, 0.1) is 11.8 Å². The first-order valence-corrected chi connectivity index (χ1v) is 17.8. The zero-order valence-electron chi connectivity index (χ0n) is 25.4. The minimum absolute atomic E-state index is 0.0930. The van der Waals surface area contributed by atoms with Gasteiger partial charge in [-0.3, -0.25) is 0 Å². The fourth-order valence-corrected chi connectivity index (χ4v) is 8.97. The number of anilines is 1. The summed E-state index contributed by atoms with van der Waals surface area (Å²) in [5.74, 6) is 1.05. The number of ether oxygens (including phenoxy) is 2. The first-order valence-electron chi connectivity index (χ1n) is 15.8. The summed E-state index contributed by atoms with van der Waals surface area (Å²) >= 11 is 6.33. The van der Waals surface area contributed by atoms with Crippen molar-refractivity contribution in [3.05, 3.63) is 58.1 Å². The topological polar surface area (TPSA) is 108 Å². The molecular weight excluding hydrogens is 588 g/mol. The lowest BCUT2D eigenvalue weighted by atomic mass is 9.63. The van der Waals surface area contributed by atoms with Gasteiger partial charge in [-0.1, -0.05) is 43.5 Å². The van der Waals surface area contributed by atoms with Gasteiger partial charge in [0.2, 0.25) is 10.0 Å². The van der Waals surface area contributed by atoms with Gasteiger partial charge in [0.25, 0.3) is 0 Å². The highest BCUT2D eigenvalue weighted by Gasteiger charge is 2.47. The maximum absolute atomic E-state index is 13.3. The van der Waals surface area contributed by atoms with E-state index in [4.69, 9.17) is 21.1 Å². The van der Waals surface area contributed by atoms with E-state index in [1.165, 1.54) is 5.56 Å². The van der Waals surface area contributed by atoms with Crippen molar-refractivity contribution in [2.75, 3.05) is 31.7 Å². The highest BCUT2D eigenvalue weighted by Crippen LogP contribution is 2.46. The number of rotatable bonds is 3. The molecule has 2 heterocycles. The van der Waals surface area contributed by atoms with Crippen LogP contribution >= 0.6 is 11.6 Å². The molecule has 0 saturated heterocycles. The smallest absolute Gasteiger partial charge is 0.216 e. The number of aliphatic hydroxyl groups is 2. The number of aryl methyl sites for hydroxylation is 1. The summed E-state index contributed by atoms with van der Waals surface area (Å²) in [7, 11) is -2.15. The number of nitrogens with zero attached hydrogens (tertiary/aromatic N) is 1. The largest absolute Gasteiger partial charge is 0.487 e. The molecule has 1 saturated carbocycles. The van der Waals surface area contributed by atoms with E-state index >= 15 is 0 Å². The predicted octanol–water partition coefficient (Wildman–Crippen LogP) is 5.73. The number of sulfonamides is 1. The van der Waals surface area contributed by atoms with Gasteiger partial charge < -0.3 is 24.6 Å². The normalized spacial score (nSPS) is 30.1. The summed E-state index contributed by atoms with van der Waals surface area (Å²) in [4.78, 5) is 2.31. The number of halogens is 1. The predicted molar refractivity (Wildman–Crippen MR) is 170 cm³/mol. The average Bonchev–Trinajstić information content (AvgIpc) is 2.97. The lowest BCUT2D eigenvalue weighted by Gasteiger charge is -2.49. The molecule has 238 valence electrons. The molecule has 10 heteroatoms. The lowest BCUT2D eigenvalue weighted by molar-refractivity contribution is -0.125. The van der Waals surface area contributed by atoms with Gasteiger partial charge >= 0.3 is 0 Å². The maximum Gasteiger partial charge on any atom is 0.216 e. The molecule has 1 aliphatic carbocycles. The quantitative estimate of drug-likeness (QED) is 0.396. The SMILES string of the molecule is CC[C@@H]1CCCC[C@](O)(COC)[C@@H]2CC[C@H]2CN2CCCCc3cc(Cl)ccc3COc3ccc(cc32)C(O)NS1(=O)=O. The van der Waals surface area contributed by atoms with Crippen LogP contribution in [0.2, 0.25) is 5.02 Å². The highest BCUT2D eigenvalue weighted by molar-refractivity contribution is 7.90. The van der Waals surface area contributed by atoms with Gasteiger partial charge in [0.15, 0.2) is 0 Å². The van der Waals surface area contributed by atoms with Crippen LogP contribution in [-0.2, 0) is 27.8 Å². The third-order valence-corrected chi connectivity index (χ3v) is 12.1. The Morgan fingerprint density at radius 2 is 1.93 bits per heavy atom. The van der Waals surface area contributed by atoms with Gasteiger partial charge in [0.05, 0.1) is 23.1 Å². The molecule has 5 rings (SSSR count). The Morgan fingerprint density at radius 1 is 1.09 bits per heavy atom. The van der Waals surface area contributed by atoms with E-state index in [1.807, 2.05) is 37.3 Å². The van der Waals surface area contributed by atoms with Crippen LogP contribution in [-0.4, -0.2) is 56.3 Å². The van der Waals surface area contributed by atoms with E-state index in [0.29, 0.717) is 55.0 Å². The molecule has 43 heavy (non-hydrogen) atoms. The molecule has 2 aromatic carbocycles. The van der Waals surface area contributed by atoms with Crippen LogP contribution in [0.4, 0.5) is 5.69 Å². The summed E-state index contributed by atoms with van der Waals surface area (Å²) in [5.41, 5.74) is 2.61. The van der Waals surface area contributed by atoms with Crippen molar-refractivity contribution in [2.45, 2.75) is 94.8 Å². The van der Waals surface area contributed by atoms with Crippen molar-refractivity contribution in [3.8, 4) is 5.75 Å². The first-order chi connectivity index (χ1) is 20.6. The number of hydrogen-bond donors (Lipinski definition) is 3. The summed E-state index contributed by atoms with van der Waals surface area (Å²) in [6.07, 6.45) is 6.25. The maximum atomic E-state index is 13.3. The molecule has 0 spiro atoms. The molecule has 1 fully saturated rings. The zero-order chi connectivity index (χ0) is 30.6. The van der Waals surface area contributed by atoms with Crippen LogP contribution < -0.4 is 14.4 Å². The Morgan fingerprint density at radius 3 is 2.67 bits per heavy atom. The fraction of sp³-hybridized carbons (Fsp3) is 0.636. The van der Waals surface area contributed by atoms with Crippen LogP contribution in [0.5, 0.6) is 5.75 Å². The van der Waals surface area contributed by atoms with Crippen LogP contribution in [0.1, 0.15) is 87.6 Å². The van der Waals surface area contributed by atoms with Crippen LogP contribution in [0.3, 0.4) is 0 Å². The molecule has 8 nitrogen and oxygen atoms in total. The molecule has 3 N–H and O–H groups in total. The van der Waals surface area contributed by atoms with E-state index in [0.717, 1.165) is 56.4 Å². The van der Waals surface area contributed by atoms with Gasteiger partial charge in [-0.05, 0) is 104 Å². The number of hydrogen-bond acceptors (Lipinski definition) is 7. The summed E-state index contributed by atoms with van der Waals surface area (Å²) in [6, 6.07) is 11.4. The Kier molecular flexibility index (Phi) is 10.6. The lowest BCUT2D eigenvalue weighted by Crippen LogP contribution is -2.53. The van der Waals surface area contributed by atoms with Gasteiger partial charge in [0.1, 0.15) is 18.6 Å². The number of nitrogens with one attached hydrogen (secondary N) is 1. The number of methoxy groups -OCH3 is 1. The molecule has 5 atom stereocenters. The van der Waals surface area contributed by atoms with E-state index in [9.17, 15) is 18.6 Å². The van der Waals surface area contributed by atoms with E-state index in [2.05, 4.69) is 9.62 Å². The number of fused-ring (bicyclic) bond motifs is 3. The average molecular weight is 635 g/mol. The summed E-state index contributed by atoms with van der Waals surface area (Å²) in [5, 5.41) is 23.1. The molecule has 0 aromatic heterocycles. The molecule has 3 aliphatic rings. The zero-order valence-corrected chi connectivity index (χ0v) is 27.0. The van der Waals surface area contributed by atoms with Crippen molar-refractivity contribution in [1.29, 1.82) is 0 Å². The monoisotopic (exact) mass is 634 g/mol. The van der Waals surface area contributed by atoms with Crippen molar-refractivity contribution in [2.24, 2.45) is 11.8 Å². The first kappa shape index (κ1) is 32.5. The standard InChI is InChI=1S/C33H47ClN2O6S/c1-3-28-9-4-6-16-33(38,22-41-2)29-14-11-25(29)20-36-17-7-5-8-23-18-27(34)13-10-26(23)21-42-31-15-12-24(19-30(31)36)32(37)35-43(28,39)40/h10,12-13,15,18-19,25,28-29,32,35,37-38H,3-9,11,14,16-17,20-22H2,1-2H3/t25-,28+,29+,32?,33-/m0/s1. The van der Waals surface area contributed by atoms with Crippen LogP contribution in [0.15, 0.2) is 36.4 Å². The minimum atomic E-state index is -3.79. The number of aliphatic hydroxyl groups excluding tert-OH is 1. The summed E-state index contributed by atoms with van der Waals surface area (Å²) in [6.45, 7) is 3.99. The Hall–Kier alpha value is -1.88. The third-order valence-electron chi connectivity index (χ3n) is 9.83. The number of benzene rings is 2.